The summed E-state index contributed by atoms with van der Waals surface area (Å²) in [6.45, 7) is 0. The van der Waals surface area contributed by atoms with E-state index in [2.05, 4.69) is 70.9 Å². The predicted molar refractivity (Wildman–Crippen MR) is 185 cm³/mol. The Balaban J connectivity index is 0.992. The van der Waals surface area contributed by atoms with Crippen molar-refractivity contribution in [3.05, 3.63) is 100.0 Å². The van der Waals surface area contributed by atoms with Crippen LogP contribution >= 0.6 is 0 Å². The molecule has 2 fully saturated rings. The second-order valence-electron chi connectivity index (χ2n) is 15.0. The van der Waals surface area contributed by atoms with Gasteiger partial charge < -0.3 is 10.2 Å². The van der Waals surface area contributed by atoms with Crippen molar-refractivity contribution in [1.82, 2.24) is 4.90 Å². The van der Waals surface area contributed by atoms with Gasteiger partial charge in [0.05, 0.1) is 0 Å². The van der Waals surface area contributed by atoms with E-state index >= 15 is 0 Å². The molecule has 232 valence electrons. The molecule has 0 bridgehead atoms. The van der Waals surface area contributed by atoms with Gasteiger partial charge in [0.15, 0.2) is 0 Å². The van der Waals surface area contributed by atoms with Gasteiger partial charge in [-0.05, 0) is 130 Å². The van der Waals surface area contributed by atoms with Crippen LogP contribution in [0.3, 0.4) is 0 Å². The third-order valence-corrected chi connectivity index (χ3v) is 12.4. The number of nitrogens with one attached hydrogen (secondary N) is 1. The van der Waals surface area contributed by atoms with E-state index in [1.54, 1.807) is 28.0 Å². The van der Waals surface area contributed by atoms with Crippen LogP contribution in [0.4, 0.5) is 5.69 Å². The Kier molecular flexibility index (Phi) is 8.44. The lowest BCUT2D eigenvalue weighted by Gasteiger charge is -2.41. The summed E-state index contributed by atoms with van der Waals surface area (Å²) in [4.78, 5) is 2.97. The molecule has 1 aromatic carbocycles. The number of nitrogens with zero attached hydrogens (tertiary/aromatic N) is 1. The molecule has 44 heavy (non-hydrogen) atoms. The highest BCUT2D eigenvalue weighted by molar-refractivity contribution is 5.56. The Hall–Kier alpha value is -2.74. The van der Waals surface area contributed by atoms with E-state index in [4.69, 9.17) is 0 Å². The van der Waals surface area contributed by atoms with Crippen LogP contribution in [-0.2, 0) is 0 Å². The molecule has 7 aliphatic rings. The lowest BCUT2D eigenvalue weighted by atomic mass is 9.77. The maximum absolute atomic E-state index is 3.94. The molecule has 0 spiro atoms. The summed E-state index contributed by atoms with van der Waals surface area (Å²) in [5, 5.41) is 3.94. The zero-order chi connectivity index (χ0) is 29.3. The Bertz CT molecular complexity index is 1410. The number of benzene rings is 1. The first kappa shape index (κ1) is 28.7. The van der Waals surface area contributed by atoms with Gasteiger partial charge >= 0.3 is 0 Å². The fourth-order valence-electron chi connectivity index (χ4n) is 10.1. The Labute approximate surface area is 267 Å². The minimum absolute atomic E-state index is 0.578. The van der Waals surface area contributed by atoms with Gasteiger partial charge in [0.25, 0.3) is 0 Å². The Morgan fingerprint density at radius 2 is 1.66 bits per heavy atom. The van der Waals surface area contributed by atoms with Crippen molar-refractivity contribution in [2.45, 2.75) is 140 Å². The number of anilines is 1. The highest BCUT2D eigenvalue weighted by Crippen LogP contribution is 2.50. The second-order valence-corrected chi connectivity index (χ2v) is 15.0. The van der Waals surface area contributed by atoms with Crippen molar-refractivity contribution in [1.29, 1.82) is 0 Å². The van der Waals surface area contributed by atoms with E-state index < -0.39 is 0 Å². The van der Waals surface area contributed by atoms with Crippen LogP contribution in [0.2, 0.25) is 0 Å². The lowest BCUT2D eigenvalue weighted by Crippen LogP contribution is -2.43. The molecular formula is C42H54N2. The fraction of sp³-hybridized carbons (Fsp3) is 0.571. The Morgan fingerprint density at radius 3 is 2.52 bits per heavy atom. The monoisotopic (exact) mass is 586 g/mol. The minimum Gasteiger partial charge on any atom is -0.368 e. The van der Waals surface area contributed by atoms with Crippen LogP contribution in [0.25, 0.3) is 0 Å². The third-order valence-electron chi connectivity index (χ3n) is 12.4. The molecule has 2 saturated carbocycles. The van der Waals surface area contributed by atoms with E-state index in [9.17, 15) is 0 Å². The van der Waals surface area contributed by atoms with Gasteiger partial charge in [-0.3, -0.25) is 0 Å². The molecule has 1 N–H and O–H groups in total. The van der Waals surface area contributed by atoms with Crippen LogP contribution in [0.15, 0.2) is 94.4 Å². The molecule has 1 heterocycles. The summed E-state index contributed by atoms with van der Waals surface area (Å²) in [5.74, 6) is 2.12. The summed E-state index contributed by atoms with van der Waals surface area (Å²) in [5.41, 5.74) is 12.6. The zero-order valence-electron chi connectivity index (χ0n) is 27.0. The molecule has 4 atom stereocenters. The largest absolute Gasteiger partial charge is 0.368 e. The summed E-state index contributed by atoms with van der Waals surface area (Å²) < 4.78 is 0. The van der Waals surface area contributed by atoms with Crippen molar-refractivity contribution in [2.75, 3.05) is 5.32 Å². The van der Waals surface area contributed by atoms with Crippen molar-refractivity contribution < 1.29 is 0 Å². The van der Waals surface area contributed by atoms with Gasteiger partial charge in [0.2, 0.25) is 0 Å². The van der Waals surface area contributed by atoms with Crippen molar-refractivity contribution >= 4 is 5.69 Å². The molecule has 8 rings (SSSR count). The van der Waals surface area contributed by atoms with Crippen molar-refractivity contribution in [3.63, 3.8) is 0 Å². The Morgan fingerprint density at radius 1 is 0.773 bits per heavy atom. The van der Waals surface area contributed by atoms with Crippen LogP contribution in [-0.4, -0.2) is 17.0 Å². The number of hydrogen-bond acceptors (Lipinski definition) is 2. The number of rotatable bonds is 6. The highest BCUT2D eigenvalue weighted by atomic mass is 15.2. The third kappa shape index (κ3) is 5.72. The average Bonchev–Trinajstić information content (AvgIpc) is 3.43. The zero-order valence-corrected chi connectivity index (χ0v) is 27.0. The predicted octanol–water partition coefficient (Wildman–Crippen LogP) is 11.4. The fourth-order valence-corrected chi connectivity index (χ4v) is 10.1. The standard InChI is InChI=1S/C42H54N2/c1-3-12-30(13-4-1)33-14-11-15-35(28-33)43-40-20-9-7-18-37(40)32-24-22-31(23-25-32)34-26-27-42-39(29-34)38-19-8-10-21-41(38)44(42)36-16-5-2-6-17-36/h2,5,11,14-15,22,24-25,28-31,36,38,41,43H,1,3-4,6-10,12-13,16-21,23,26-27H2. The SMILES string of the molecule is C1=CCC(N2C3=C(C=C(C4C=CC(C5=C(Nc6cccc(C7CCCCC7)c6)CCCC5)=CC4)CC3)C3CCCCC32)CC1. The summed E-state index contributed by atoms with van der Waals surface area (Å²) >= 11 is 0. The molecule has 0 saturated heterocycles. The van der Waals surface area contributed by atoms with E-state index in [0.29, 0.717) is 5.92 Å². The number of fused-ring (bicyclic) bond motifs is 2. The molecule has 0 radical (unpaired) electrons. The van der Waals surface area contributed by atoms with Gasteiger partial charge in [0.1, 0.15) is 0 Å². The lowest BCUT2D eigenvalue weighted by molar-refractivity contribution is 0.131. The van der Waals surface area contributed by atoms with Crippen molar-refractivity contribution in [2.24, 2.45) is 11.8 Å². The smallest absolute Gasteiger partial charge is 0.0384 e. The molecule has 2 nitrogen and oxygen atoms in total. The van der Waals surface area contributed by atoms with Gasteiger partial charge in [-0.2, -0.15) is 0 Å². The van der Waals surface area contributed by atoms with Crippen LogP contribution in [0.1, 0.15) is 133 Å². The van der Waals surface area contributed by atoms with E-state index in [0.717, 1.165) is 23.9 Å². The maximum atomic E-state index is 3.94. The van der Waals surface area contributed by atoms with Gasteiger partial charge in [-0.1, -0.05) is 86.3 Å². The second kappa shape index (κ2) is 12.9. The van der Waals surface area contributed by atoms with Crippen LogP contribution < -0.4 is 5.32 Å². The van der Waals surface area contributed by atoms with Gasteiger partial charge in [-0.25, -0.2) is 0 Å². The molecule has 0 amide bonds. The van der Waals surface area contributed by atoms with E-state index in [-0.39, 0.29) is 0 Å². The first-order valence-corrected chi connectivity index (χ1v) is 18.7. The average molecular weight is 587 g/mol. The molecule has 6 aliphatic carbocycles. The number of hydrogen-bond donors (Lipinski definition) is 1. The van der Waals surface area contributed by atoms with Gasteiger partial charge in [0, 0.05) is 41.0 Å². The molecule has 4 unspecified atom stereocenters. The minimum atomic E-state index is 0.578. The topological polar surface area (TPSA) is 15.3 Å². The molecule has 2 heteroatoms. The number of allylic oxidation sites excluding steroid dienone is 10. The van der Waals surface area contributed by atoms with Crippen molar-refractivity contribution in [3.8, 4) is 0 Å². The van der Waals surface area contributed by atoms with Gasteiger partial charge in [-0.15, -0.1) is 0 Å². The first-order chi connectivity index (χ1) is 21.8. The van der Waals surface area contributed by atoms with Crippen LogP contribution in [0.5, 0.6) is 0 Å². The highest BCUT2D eigenvalue weighted by Gasteiger charge is 2.44. The van der Waals surface area contributed by atoms with E-state index in [1.165, 1.54) is 139 Å². The summed E-state index contributed by atoms with van der Waals surface area (Å²) in [7, 11) is 0. The molecule has 1 aliphatic heterocycles. The molecule has 0 aromatic heterocycles. The normalized spacial score (nSPS) is 31.0. The molecule has 1 aromatic rings. The summed E-state index contributed by atoms with van der Waals surface area (Å²) in [6.07, 6.45) is 40.4. The maximum Gasteiger partial charge on any atom is 0.0384 e. The summed E-state index contributed by atoms with van der Waals surface area (Å²) in [6, 6.07) is 10.9. The van der Waals surface area contributed by atoms with E-state index in [1.807, 2.05) is 0 Å². The van der Waals surface area contributed by atoms with Crippen LogP contribution in [0, 0.1) is 11.8 Å². The quantitative estimate of drug-likeness (QED) is 0.334. The molecular weight excluding hydrogens is 532 g/mol. The first-order valence-electron chi connectivity index (χ1n) is 18.7.